The Bertz CT molecular complexity index is 532. The summed E-state index contributed by atoms with van der Waals surface area (Å²) in [5.74, 6) is -1.03. The summed E-state index contributed by atoms with van der Waals surface area (Å²) in [6.07, 6.45) is 1.51. The standard InChI is InChI=1S/C12H10F2N2O/c13-8-1-2-12(11(14)5-8)17-10-3-4-16-9(6-10)7-15/h1-6H,7,15H2. The van der Waals surface area contributed by atoms with Crippen molar-refractivity contribution in [1.82, 2.24) is 4.98 Å². The Morgan fingerprint density at radius 3 is 2.71 bits per heavy atom. The molecule has 17 heavy (non-hydrogen) atoms. The van der Waals surface area contributed by atoms with Gasteiger partial charge < -0.3 is 10.5 Å². The normalized spacial score (nSPS) is 10.3. The lowest BCUT2D eigenvalue weighted by atomic mass is 10.3. The fourth-order valence-electron chi connectivity index (χ4n) is 1.32. The molecule has 1 heterocycles. The predicted molar refractivity (Wildman–Crippen MR) is 58.6 cm³/mol. The van der Waals surface area contributed by atoms with Gasteiger partial charge in [0.25, 0.3) is 0 Å². The lowest BCUT2D eigenvalue weighted by molar-refractivity contribution is 0.436. The van der Waals surface area contributed by atoms with E-state index < -0.39 is 11.6 Å². The molecule has 1 aromatic carbocycles. The van der Waals surface area contributed by atoms with Crippen molar-refractivity contribution in [2.45, 2.75) is 6.54 Å². The number of halogens is 2. The van der Waals surface area contributed by atoms with Crippen LogP contribution in [-0.2, 0) is 6.54 Å². The molecule has 0 bridgehead atoms. The maximum Gasteiger partial charge on any atom is 0.168 e. The van der Waals surface area contributed by atoms with Gasteiger partial charge in [0, 0.05) is 24.9 Å². The summed E-state index contributed by atoms with van der Waals surface area (Å²) in [5.41, 5.74) is 6.05. The molecule has 0 atom stereocenters. The number of pyridine rings is 1. The van der Waals surface area contributed by atoms with Crippen molar-refractivity contribution < 1.29 is 13.5 Å². The van der Waals surface area contributed by atoms with Gasteiger partial charge in [-0.05, 0) is 18.2 Å². The van der Waals surface area contributed by atoms with Crippen LogP contribution in [0.25, 0.3) is 0 Å². The van der Waals surface area contributed by atoms with Gasteiger partial charge in [0.05, 0.1) is 5.69 Å². The Balaban J connectivity index is 2.25. The summed E-state index contributed by atoms with van der Waals surface area (Å²) in [6, 6.07) is 6.29. The summed E-state index contributed by atoms with van der Waals surface area (Å²) < 4.78 is 31.3. The molecule has 0 radical (unpaired) electrons. The molecule has 1 aromatic heterocycles. The molecule has 2 aromatic rings. The molecule has 0 saturated carbocycles. The highest BCUT2D eigenvalue weighted by molar-refractivity contribution is 5.32. The summed E-state index contributed by atoms with van der Waals surface area (Å²) >= 11 is 0. The minimum Gasteiger partial charge on any atom is -0.454 e. The van der Waals surface area contributed by atoms with Gasteiger partial charge >= 0.3 is 0 Å². The smallest absolute Gasteiger partial charge is 0.168 e. The highest BCUT2D eigenvalue weighted by atomic mass is 19.1. The van der Waals surface area contributed by atoms with Crippen molar-refractivity contribution in [2.24, 2.45) is 5.73 Å². The maximum atomic E-state index is 13.3. The van der Waals surface area contributed by atoms with Gasteiger partial charge in [-0.3, -0.25) is 4.98 Å². The summed E-state index contributed by atoms with van der Waals surface area (Å²) in [7, 11) is 0. The minimum atomic E-state index is -0.754. The van der Waals surface area contributed by atoms with E-state index in [2.05, 4.69) is 4.98 Å². The van der Waals surface area contributed by atoms with Crippen LogP contribution in [0.2, 0.25) is 0 Å². The molecule has 0 aliphatic heterocycles. The Morgan fingerprint density at radius 1 is 1.18 bits per heavy atom. The summed E-state index contributed by atoms with van der Waals surface area (Å²) in [6.45, 7) is 0.267. The Kier molecular flexibility index (Phi) is 3.30. The SMILES string of the molecule is NCc1cc(Oc2ccc(F)cc2F)ccn1. The maximum absolute atomic E-state index is 13.3. The molecule has 0 unspecified atom stereocenters. The zero-order chi connectivity index (χ0) is 12.3. The molecule has 2 rings (SSSR count). The lowest BCUT2D eigenvalue weighted by Crippen LogP contribution is -1.99. The van der Waals surface area contributed by atoms with Gasteiger partial charge in [0.2, 0.25) is 0 Å². The van der Waals surface area contributed by atoms with Crippen LogP contribution in [0.3, 0.4) is 0 Å². The molecule has 0 aliphatic rings. The van der Waals surface area contributed by atoms with Crippen LogP contribution in [0.5, 0.6) is 11.5 Å². The number of aromatic nitrogens is 1. The van der Waals surface area contributed by atoms with Gasteiger partial charge in [0.1, 0.15) is 11.6 Å². The molecule has 2 N–H and O–H groups in total. The van der Waals surface area contributed by atoms with Crippen molar-refractivity contribution in [3.05, 3.63) is 53.9 Å². The van der Waals surface area contributed by atoms with E-state index in [1.807, 2.05) is 0 Å². The van der Waals surface area contributed by atoms with Gasteiger partial charge in [0.15, 0.2) is 11.6 Å². The number of rotatable bonds is 3. The quantitative estimate of drug-likeness (QED) is 0.891. The molecule has 88 valence electrons. The molecule has 0 spiro atoms. The average molecular weight is 236 g/mol. The van der Waals surface area contributed by atoms with E-state index in [9.17, 15) is 8.78 Å². The third-order valence-electron chi connectivity index (χ3n) is 2.12. The molecular formula is C12H10F2N2O. The largest absolute Gasteiger partial charge is 0.454 e. The third-order valence-corrected chi connectivity index (χ3v) is 2.12. The first-order valence-electron chi connectivity index (χ1n) is 4.97. The van der Waals surface area contributed by atoms with Crippen molar-refractivity contribution in [3.8, 4) is 11.5 Å². The highest BCUT2D eigenvalue weighted by Crippen LogP contribution is 2.24. The number of nitrogens with two attached hydrogens (primary N) is 1. The van der Waals surface area contributed by atoms with Crippen molar-refractivity contribution in [1.29, 1.82) is 0 Å². The Morgan fingerprint density at radius 2 is 2.00 bits per heavy atom. The van der Waals surface area contributed by atoms with Crippen LogP contribution >= 0.6 is 0 Å². The van der Waals surface area contributed by atoms with Crippen LogP contribution in [0, 0.1) is 11.6 Å². The van der Waals surface area contributed by atoms with Crippen LogP contribution in [0.1, 0.15) is 5.69 Å². The first-order chi connectivity index (χ1) is 8.19. The third kappa shape index (κ3) is 2.76. The van der Waals surface area contributed by atoms with E-state index in [1.54, 1.807) is 12.1 Å². The topological polar surface area (TPSA) is 48.1 Å². The number of hydrogen-bond donors (Lipinski definition) is 1. The fraction of sp³-hybridized carbons (Fsp3) is 0.0833. The molecule has 0 fully saturated rings. The fourth-order valence-corrected chi connectivity index (χ4v) is 1.32. The summed E-state index contributed by atoms with van der Waals surface area (Å²) in [4.78, 5) is 3.98. The zero-order valence-electron chi connectivity index (χ0n) is 8.86. The monoisotopic (exact) mass is 236 g/mol. The molecule has 0 amide bonds. The van der Waals surface area contributed by atoms with E-state index in [1.165, 1.54) is 12.3 Å². The van der Waals surface area contributed by atoms with E-state index >= 15 is 0 Å². The second-order valence-corrected chi connectivity index (χ2v) is 3.36. The number of hydrogen-bond acceptors (Lipinski definition) is 3. The van der Waals surface area contributed by atoms with E-state index in [0.29, 0.717) is 11.4 Å². The van der Waals surface area contributed by atoms with Gasteiger partial charge in [-0.1, -0.05) is 0 Å². The second-order valence-electron chi connectivity index (χ2n) is 3.36. The van der Waals surface area contributed by atoms with Crippen LogP contribution in [0.15, 0.2) is 36.5 Å². The first-order valence-corrected chi connectivity index (χ1v) is 4.97. The second kappa shape index (κ2) is 4.88. The number of nitrogens with zero attached hydrogens (tertiary/aromatic N) is 1. The lowest BCUT2D eigenvalue weighted by Gasteiger charge is -2.07. The van der Waals surface area contributed by atoms with Gasteiger partial charge in [-0.25, -0.2) is 8.78 Å². The number of benzene rings is 1. The Labute approximate surface area is 96.9 Å². The number of ether oxygens (including phenoxy) is 1. The van der Waals surface area contributed by atoms with Crippen LogP contribution in [-0.4, -0.2) is 4.98 Å². The van der Waals surface area contributed by atoms with Gasteiger partial charge in [-0.2, -0.15) is 0 Å². The van der Waals surface area contributed by atoms with Crippen molar-refractivity contribution in [3.63, 3.8) is 0 Å². The molecular weight excluding hydrogens is 226 g/mol. The molecule has 5 heteroatoms. The van der Waals surface area contributed by atoms with E-state index in [0.717, 1.165) is 12.1 Å². The molecule has 0 saturated heterocycles. The highest BCUT2D eigenvalue weighted by Gasteiger charge is 2.06. The predicted octanol–water partition coefficient (Wildman–Crippen LogP) is 2.61. The average Bonchev–Trinajstić information content (AvgIpc) is 2.33. The van der Waals surface area contributed by atoms with Gasteiger partial charge in [-0.15, -0.1) is 0 Å². The van der Waals surface area contributed by atoms with Crippen LogP contribution in [0.4, 0.5) is 8.78 Å². The van der Waals surface area contributed by atoms with E-state index in [4.69, 9.17) is 10.5 Å². The molecule has 3 nitrogen and oxygen atoms in total. The van der Waals surface area contributed by atoms with Crippen molar-refractivity contribution in [2.75, 3.05) is 0 Å². The molecule has 0 aliphatic carbocycles. The van der Waals surface area contributed by atoms with Crippen molar-refractivity contribution >= 4 is 0 Å². The first kappa shape index (κ1) is 11.5. The van der Waals surface area contributed by atoms with Crippen LogP contribution < -0.4 is 10.5 Å². The minimum absolute atomic E-state index is 0.0411. The van der Waals surface area contributed by atoms with E-state index in [-0.39, 0.29) is 12.3 Å². The summed E-state index contributed by atoms with van der Waals surface area (Å²) in [5, 5.41) is 0. The zero-order valence-corrected chi connectivity index (χ0v) is 8.86. The Hall–Kier alpha value is -2.01.